The van der Waals surface area contributed by atoms with E-state index in [0.29, 0.717) is 135 Å². The summed E-state index contributed by atoms with van der Waals surface area (Å²) in [5.41, 5.74) is 14.3. The van der Waals surface area contributed by atoms with Gasteiger partial charge in [0, 0.05) is 103 Å². The van der Waals surface area contributed by atoms with Crippen LogP contribution in [0.3, 0.4) is 0 Å². The second kappa shape index (κ2) is 49.2. The zero-order valence-corrected chi connectivity index (χ0v) is 90.0. The Kier molecular flexibility index (Phi) is 39.5. The topological polar surface area (TPSA) is 372 Å². The quantitative estimate of drug-likeness (QED) is 0.0165. The van der Waals surface area contributed by atoms with Gasteiger partial charge >= 0.3 is 47.8 Å². The minimum Gasteiger partial charge on any atom is -0.493 e. The first-order valence-electron chi connectivity index (χ1n) is 51.1. The molecule has 24 nitrogen and oxygen atoms in total. The molecule has 0 unspecified atom stereocenters. The average Bonchev–Trinajstić information content (AvgIpc) is 0.765. The van der Waals surface area contributed by atoms with Crippen LogP contribution in [0.1, 0.15) is 402 Å². The largest absolute Gasteiger partial charge is 0.493 e. The highest BCUT2D eigenvalue weighted by Crippen LogP contribution is 2.49. The van der Waals surface area contributed by atoms with E-state index in [4.69, 9.17) is 37.9 Å². The molecule has 0 spiro atoms. The zero-order valence-electron chi connectivity index (χ0n) is 90.0. The molecule has 0 radical (unpaired) electrons. The van der Waals surface area contributed by atoms with Crippen molar-refractivity contribution in [3.63, 3.8) is 0 Å². The molecule has 0 saturated heterocycles. The van der Waals surface area contributed by atoms with Crippen LogP contribution in [0.25, 0.3) is 0 Å². The SMILES string of the molecule is CC(C)(C)c1cc2c(OCCCC(=O)O)c(c1)Cc1cc(C(C)(C)C)cc(c1OCCCC(=O)O)Cc1cc(C(C)(C)C)cc(c1OCCCC(=O)O)Cc1cc(C(C)(C)C)cc(c1OCCCC(=O)O)Cc1cc(C(C)(C)C)cc(c1OCCCC(=O)O)Cc1cc(C(C)(C)C)cc(c1OCCCC(=O)O)Cc1cc(C(C)(C)C)cc(c1OCCCC(=O)O)Cc1cc(C(C)(C)C)cc(c1OCCCC(=O)O)C2. The Morgan fingerprint density at radius 3 is 0.306 bits per heavy atom. The maximum Gasteiger partial charge on any atom is 0.303 e. The zero-order chi connectivity index (χ0) is 107. The Morgan fingerprint density at radius 2 is 0.243 bits per heavy atom. The number of ether oxygens (including phenoxy) is 8. The van der Waals surface area contributed by atoms with Crippen molar-refractivity contribution < 1.29 is 117 Å². The van der Waals surface area contributed by atoms with Crippen LogP contribution in [-0.2, 0) is 133 Å². The Hall–Kier alpha value is -12.1. The second-order valence-corrected chi connectivity index (χ2v) is 47.2. The van der Waals surface area contributed by atoms with Crippen molar-refractivity contribution in [1.82, 2.24) is 0 Å². The molecule has 16 bridgehead atoms. The van der Waals surface area contributed by atoms with Crippen LogP contribution < -0.4 is 37.9 Å². The molecule has 1 aliphatic carbocycles. The summed E-state index contributed by atoms with van der Waals surface area (Å²) in [5, 5.41) is 82.5. The first-order valence-corrected chi connectivity index (χ1v) is 51.1. The molecule has 1 aliphatic rings. The molecule has 0 fully saturated rings. The van der Waals surface area contributed by atoms with Crippen molar-refractivity contribution in [1.29, 1.82) is 0 Å². The van der Waals surface area contributed by atoms with Gasteiger partial charge in [-0.25, -0.2) is 0 Å². The van der Waals surface area contributed by atoms with Crippen molar-refractivity contribution in [2.45, 2.75) is 364 Å². The fraction of sp³-hybridized carbons (Fsp3) is 0.533. The smallest absolute Gasteiger partial charge is 0.303 e. The number of aliphatic carboxylic acids is 8. The maximum atomic E-state index is 12.6. The summed E-state index contributed by atoms with van der Waals surface area (Å²) >= 11 is 0. The molecule has 0 aromatic heterocycles. The van der Waals surface area contributed by atoms with Gasteiger partial charge in [-0.2, -0.15) is 0 Å². The van der Waals surface area contributed by atoms with E-state index < -0.39 is 91.1 Å². The van der Waals surface area contributed by atoms with Gasteiger partial charge in [-0.05, 0) is 228 Å². The molecular formula is C120H160O24. The Bertz CT molecular complexity index is 4640. The van der Waals surface area contributed by atoms with Crippen LogP contribution in [0.15, 0.2) is 97.1 Å². The van der Waals surface area contributed by atoms with Gasteiger partial charge < -0.3 is 78.7 Å². The van der Waals surface area contributed by atoms with Gasteiger partial charge in [0.2, 0.25) is 0 Å². The van der Waals surface area contributed by atoms with Gasteiger partial charge in [-0.1, -0.05) is 263 Å². The predicted octanol–water partition coefficient (Wildman–Crippen LogP) is 25.1. The highest BCUT2D eigenvalue weighted by Gasteiger charge is 2.35. The molecule has 24 heteroatoms. The van der Waals surface area contributed by atoms with Crippen LogP contribution in [0.2, 0.25) is 0 Å². The van der Waals surface area contributed by atoms with Crippen LogP contribution in [0, 0.1) is 0 Å². The van der Waals surface area contributed by atoms with Crippen molar-refractivity contribution in [2.75, 3.05) is 52.9 Å². The van der Waals surface area contributed by atoms with Crippen LogP contribution in [0.4, 0.5) is 0 Å². The Labute approximate surface area is 853 Å². The lowest BCUT2D eigenvalue weighted by atomic mass is 9.79. The van der Waals surface area contributed by atoms with Crippen LogP contribution in [0.5, 0.6) is 46.0 Å². The second-order valence-electron chi connectivity index (χ2n) is 47.2. The average molecular weight is 1990 g/mol. The van der Waals surface area contributed by atoms with E-state index in [1.165, 1.54) is 0 Å². The molecule has 8 N–H and O–H groups in total. The summed E-state index contributed by atoms with van der Waals surface area (Å²) in [6.07, 6.45) is 0.435. The highest BCUT2D eigenvalue weighted by molar-refractivity contribution is 5.71. The normalized spacial score (nSPS) is 13.1. The van der Waals surface area contributed by atoms with Gasteiger partial charge in [0.15, 0.2) is 0 Å². The van der Waals surface area contributed by atoms with E-state index in [1.807, 2.05) is 0 Å². The lowest BCUT2D eigenvalue weighted by Gasteiger charge is -2.29. The van der Waals surface area contributed by atoms with Gasteiger partial charge in [0.1, 0.15) is 46.0 Å². The number of hydrogen-bond donors (Lipinski definition) is 8. The summed E-state index contributed by atoms with van der Waals surface area (Å²) in [4.78, 5) is 101. The molecule has 8 aromatic rings. The molecular weight excluding hydrogens is 1830 g/mol. The number of carboxylic acids is 8. The molecule has 9 rings (SSSR count). The maximum absolute atomic E-state index is 12.6. The number of benzene rings is 8. The van der Waals surface area contributed by atoms with Crippen molar-refractivity contribution in [3.8, 4) is 46.0 Å². The minimum absolute atomic E-state index is 0.0260. The van der Waals surface area contributed by atoms with E-state index in [1.54, 1.807) is 0 Å². The number of rotatable bonds is 40. The van der Waals surface area contributed by atoms with Crippen molar-refractivity contribution in [2.24, 2.45) is 0 Å². The molecule has 0 heterocycles. The van der Waals surface area contributed by atoms with Gasteiger partial charge in [-0.3, -0.25) is 38.4 Å². The van der Waals surface area contributed by atoms with E-state index in [-0.39, 0.29) is 207 Å². The molecule has 0 amide bonds. The predicted molar refractivity (Wildman–Crippen MR) is 563 cm³/mol. The Morgan fingerprint density at radius 1 is 0.167 bits per heavy atom. The monoisotopic (exact) mass is 1990 g/mol. The lowest BCUT2D eigenvalue weighted by molar-refractivity contribution is -0.138. The van der Waals surface area contributed by atoms with E-state index in [0.717, 1.165) is 44.5 Å². The summed E-state index contributed by atoms with van der Waals surface area (Å²) in [5.74, 6) is -4.34. The lowest BCUT2D eigenvalue weighted by Crippen LogP contribution is -2.18. The number of fused-ring (bicyclic) bond motifs is 16. The van der Waals surface area contributed by atoms with Crippen molar-refractivity contribution in [3.05, 3.63) is 231 Å². The number of hydrogen-bond acceptors (Lipinski definition) is 16. The molecule has 8 aromatic carbocycles. The van der Waals surface area contributed by atoms with E-state index >= 15 is 0 Å². The standard InChI is InChI=1S/C120H160O24/c1-113(2,3)89-57-73-49-75-59-90(114(4,5)6)61-77(106(75)138-42-26-34-98(123)124)51-79-63-92(116(10,11)12)65-81(108(79)140-44-28-36-100(127)128)53-83-67-94(118(16,17)18)69-85(110(83)142-46-30-38-102(131)132)55-87-71-96(120(22,23)24)72-88(112(87)144-48-32-40-104(135)136)56-86-70-95(119(19,20)21)68-84(111(86)143-47-31-39-103(133)134)54-82-66-93(117(13,14)15)64-80(109(82)141-45-29-37-101(129)130)52-78-62-91(115(7,8)9)60-76(107(78)139-43-27-35-99(125)126)50-74(58-89)105(73)137-41-25-33-97(121)122/h57-72H,25-56H2,1-24H3,(H,121,122)(H,123,124)(H,125,126)(H,127,128)(H,129,130)(H,131,132)(H,133,134)(H,135,136). The third kappa shape index (κ3) is 34.0. The van der Waals surface area contributed by atoms with Gasteiger partial charge in [0.05, 0.1) is 52.9 Å². The summed E-state index contributed by atoms with van der Waals surface area (Å²) < 4.78 is 58.0. The summed E-state index contributed by atoms with van der Waals surface area (Å²) in [6.45, 7) is 50.9. The number of carboxylic acid groups (broad SMARTS) is 8. The third-order valence-corrected chi connectivity index (χ3v) is 26.2. The van der Waals surface area contributed by atoms with E-state index in [9.17, 15) is 79.2 Å². The molecule has 0 atom stereocenters. The Balaban J connectivity index is 1.57. The van der Waals surface area contributed by atoms with Crippen molar-refractivity contribution >= 4 is 47.8 Å². The van der Waals surface area contributed by atoms with Gasteiger partial charge in [0.25, 0.3) is 0 Å². The fourth-order valence-electron chi connectivity index (χ4n) is 17.9. The fourth-order valence-corrected chi connectivity index (χ4v) is 17.9. The van der Waals surface area contributed by atoms with Crippen LogP contribution >= 0.6 is 0 Å². The number of carbonyl (C=O) groups is 8. The molecule has 144 heavy (non-hydrogen) atoms. The molecule has 0 saturated carbocycles. The first-order chi connectivity index (χ1) is 67.0. The summed E-state index contributed by atoms with van der Waals surface area (Å²) in [7, 11) is 0. The summed E-state index contributed by atoms with van der Waals surface area (Å²) in [6, 6.07) is 34.2. The van der Waals surface area contributed by atoms with E-state index in [2.05, 4.69) is 263 Å². The van der Waals surface area contributed by atoms with Crippen LogP contribution in [-0.4, -0.2) is 141 Å². The minimum atomic E-state index is -1.01. The first kappa shape index (κ1) is 115. The van der Waals surface area contributed by atoms with Gasteiger partial charge in [-0.15, -0.1) is 0 Å². The molecule has 784 valence electrons. The third-order valence-electron chi connectivity index (χ3n) is 26.2. The highest BCUT2D eigenvalue weighted by atomic mass is 16.5. The molecule has 0 aliphatic heterocycles.